The van der Waals surface area contributed by atoms with E-state index < -0.39 is 10.5 Å². The van der Waals surface area contributed by atoms with E-state index >= 15 is 0 Å². The number of rotatable bonds is 2. The lowest BCUT2D eigenvalue weighted by molar-refractivity contribution is 0.240. The van der Waals surface area contributed by atoms with Gasteiger partial charge in [0.25, 0.3) is 0 Å². The van der Waals surface area contributed by atoms with Gasteiger partial charge < -0.3 is 4.90 Å². The van der Waals surface area contributed by atoms with Crippen LogP contribution in [0.2, 0.25) is 0 Å². The van der Waals surface area contributed by atoms with Crippen LogP contribution in [0, 0.1) is 0 Å². The number of halogens is 1. The van der Waals surface area contributed by atoms with Crippen LogP contribution < -0.4 is 0 Å². The van der Waals surface area contributed by atoms with Gasteiger partial charge in [-0.05, 0) is 32.5 Å². The molecule has 86 valence electrons. The van der Waals surface area contributed by atoms with Gasteiger partial charge in [0.15, 0.2) is 0 Å². The van der Waals surface area contributed by atoms with E-state index in [1.165, 1.54) is 38.9 Å². The molecule has 0 aromatic carbocycles. The number of nitrogens with zero attached hydrogens (tertiary/aromatic N) is 1. The quantitative estimate of drug-likeness (QED) is 0.668. The molecule has 1 rings (SSSR count). The molecular formula is C8H18FNO3S. The van der Waals surface area contributed by atoms with E-state index in [2.05, 4.69) is 16.0 Å². The molecule has 1 fully saturated rings. The van der Waals surface area contributed by atoms with E-state index in [0.29, 0.717) is 0 Å². The predicted octanol–water partition coefficient (Wildman–Crippen LogP) is 1.34. The second-order valence-corrected chi connectivity index (χ2v) is 4.17. The molecule has 0 bridgehead atoms. The van der Waals surface area contributed by atoms with Crippen LogP contribution >= 0.6 is 0 Å². The highest BCUT2D eigenvalue weighted by Crippen LogP contribution is 2.06. The summed E-state index contributed by atoms with van der Waals surface area (Å²) in [7, 11) is -3.92. The third-order valence-corrected chi connectivity index (χ3v) is 2.49. The lowest BCUT2D eigenvalue weighted by atomic mass is 10.1. The molecule has 0 N–H and O–H groups in total. The molecule has 6 heteroatoms. The van der Waals surface area contributed by atoms with Crippen molar-refractivity contribution in [2.75, 3.05) is 26.7 Å². The number of hydrogen-bond donors (Lipinski definition) is 0. The van der Waals surface area contributed by atoms with Gasteiger partial charge in [0.05, 0.1) is 7.11 Å². The normalized spacial score (nSPS) is 18.5. The molecule has 14 heavy (non-hydrogen) atoms. The van der Waals surface area contributed by atoms with Crippen molar-refractivity contribution in [2.45, 2.75) is 26.2 Å². The highest BCUT2D eigenvalue weighted by atomic mass is 32.3. The summed E-state index contributed by atoms with van der Waals surface area (Å²) in [6, 6.07) is 0. The van der Waals surface area contributed by atoms with E-state index in [-0.39, 0.29) is 0 Å². The Labute approximate surface area is 85.5 Å². The van der Waals surface area contributed by atoms with Crippen molar-refractivity contribution in [2.24, 2.45) is 0 Å². The van der Waals surface area contributed by atoms with Crippen LogP contribution in [0.1, 0.15) is 26.2 Å². The molecule has 1 aliphatic rings. The molecule has 0 radical (unpaired) electrons. The summed E-state index contributed by atoms with van der Waals surface area (Å²) in [5.41, 5.74) is 0. The molecule has 0 atom stereocenters. The Hall–Kier alpha value is -0.200. The first-order valence-electron chi connectivity index (χ1n) is 4.72. The highest BCUT2D eigenvalue weighted by Gasteiger charge is 2.05. The summed E-state index contributed by atoms with van der Waals surface area (Å²) in [6.45, 7) is 6.18. The van der Waals surface area contributed by atoms with Crippen LogP contribution in [-0.2, 0) is 14.7 Å². The fourth-order valence-corrected chi connectivity index (χ4v) is 1.28. The second kappa shape index (κ2) is 7.14. The lowest BCUT2D eigenvalue weighted by Gasteiger charge is -2.24. The Morgan fingerprint density at radius 2 is 1.71 bits per heavy atom. The van der Waals surface area contributed by atoms with Gasteiger partial charge >= 0.3 is 10.5 Å². The minimum atomic E-state index is -4.66. The molecule has 1 saturated heterocycles. The minimum absolute atomic E-state index is 0.745. The number of likely N-dealkylation sites (tertiary alicyclic amines) is 1. The summed E-state index contributed by atoms with van der Waals surface area (Å²) in [5.74, 6) is 0. The standard InChI is InChI=1S/C7H15N.CH3FO3S/c1-2-8-6-4-3-5-7-8;1-5-6(2,3)4/h2-7H2,1H3;1H3. The maximum absolute atomic E-state index is 10.9. The van der Waals surface area contributed by atoms with Crippen molar-refractivity contribution < 1.29 is 16.5 Å². The van der Waals surface area contributed by atoms with Crippen LogP contribution in [0.5, 0.6) is 0 Å². The third-order valence-electron chi connectivity index (χ3n) is 2.09. The summed E-state index contributed by atoms with van der Waals surface area (Å²) in [4.78, 5) is 2.52. The van der Waals surface area contributed by atoms with Crippen molar-refractivity contribution in [1.82, 2.24) is 4.90 Å². The summed E-state index contributed by atoms with van der Waals surface area (Å²) < 4.78 is 32.3. The Morgan fingerprint density at radius 3 is 1.93 bits per heavy atom. The first kappa shape index (κ1) is 13.8. The Balaban J connectivity index is 0.000000255. The molecule has 0 aromatic rings. The van der Waals surface area contributed by atoms with Gasteiger partial charge in [-0.25, -0.2) is 4.18 Å². The van der Waals surface area contributed by atoms with Gasteiger partial charge in [-0.15, -0.1) is 0 Å². The van der Waals surface area contributed by atoms with E-state index in [9.17, 15) is 3.89 Å². The monoisotopic (exact) mass is 227 g/mol. The molecule has 1 heterocycles. The Kier molecular flexibility index (Phi) is 7.04. The van der Waals surface area contributed by atoms with E-state index in [4.69, 9.17) is 8.42 Å². The molecule has 1 aliphatic heterocycles. The Morgan fingerprint density at radius 1 is 1.29 bits per heavy atom. The van der Waals surface area contributed by atoms with Crippen molar-refractivity contribution >= 4 is 10.5 Å². The summed E-state index contributed by atoms with van der Waals surface area (Å²) in [6.07, 6.45) is 4.30. The molecule has 0 unspecified atom stereocenters. The van der Waals surface area contributed by atoms with Crippen molar-refractivity contribution in [1.29, 1.82) is 0 Å². The van der Waals surface area contributed by atoms with Gasteiger partial charge in [0.1, 0.15) is 0 Å². The molecule has 4 nitrogen and oxygen atoms in total. The summed E-state index contributed by atoms with van der Waals surface area (Å²) >= 11 is 0. The van der Waals surface area contributed by atoms with Crippen molar-refractivity contribution in [3.63, 3.8) is 0 Å². The maximum atomic E-state index is 10.9. The average Bonchev–Trinajstić information content (AvgIpc) is 2.19. The zero-order chi connectivity index (χ0) is 11.0. The molecule has 0 aliphatic carbocycles. The maximum Gasteiger partial charge on any atom is 0.437 e. The number of piperidine rings is 1. The minimum Gasteiger partial charge on any atom is -0.304 e. The molecule has 0 spiro atoms. The lowest BCUT2D eigenvalue weighted by Crippen LogP contribution is -2.29. The first-order chi connectivity index (χ1) is 6.49. The topological polar surface area (TPSA) is 46.6 Å². The van der Waals surface area contributed by atoms with Crippen LogP contribution in [0.3, 0.4) is 0 Å². The third kappa shape index (κ3) is 8.40. The highest BCUT2D eigenvalue weighted by molar-refractivity contribution is 7.81. The molecular weight excluding hydrogens is 209 g/mol. The second-order valence-electron chi connectivity index (χ2n) is 3.05. The van der Waals surface area contributed by atoms with Gasteiger partial charge in [-0.3, -0.25) is 0 Å². The molecule has 0 aromatic heterocycles. The fraction of sp³-hybridized carbons (Fsp3) is 1.00. The van der Waals surface area contributed by atoms with E-state index in [0.717, 1.165) is 7.11 Å². The van der Waals surface area contributed by atoms with Crippen molar-refractivity contribution in [3.8, 4) is 0 Å². The van der Waals surface area contributed by atoms with Gasteiger partial charge in [0.2, 0.25) is 0 Å². The van der Waals surface area contributed by atoms with Crippen molar-refractivity contribution in [3.05, 3.63) is 0 Å². The molecule has 0 saturated carbocycles. The SMILES string of the molecule is CCN1CCCCC1.COS(=O)(=O)F. The predicted molar refractivity (Wildman–Crippen MR) is 53.0 cm³/mol. The molecule has 0 amide bonds. The van der Waals surface area contributed by atoms with E-state index in [1.54, 1.807) is 0 Å². The van der Waals surface area contributed by atoms with Gasteiger partial charge in [-0.1, -0.05) is 17.2 Å². The largest absolute Gasteiger partial charge is 0.437 e. The van der Waals surface area contributed by atoms with Crippen LogP contribution in [0.25, 0.3) is 0 Å². The van der Waals surface area contributed by atoms with Gasteiger partial charge in [-0.2, -0.15) is 8.42 Å². The first-order valence-corrected chi connectivity index (χ1v) is 6.03. The number of hydrogen-bond acceptors (Lipinski definition) is 4. The zero-order valence-corrected chi connectivity index (χ0v) is 9.52. The Bertz CT molecular complexity index is 225. The average molecular weight is 227 g/mol. The fourth-order valence-electron chi connectivity index (χ4n) is 1.28. The summed E-state index contributed by atoms with van der Waals surface area (Å²) in [5, 5.41) is 0. The van der Waals surface area contributed by atoms with Crippen LogP contribution in [0.15, 0.2) is 0 Å². The van der Waals surface area contributed by atoms with Gasteiger partial charge in [0, 0.05) is 0 Å². The zero-order valence-electron chi connectivity index (χ0n) is 8.70. The van der Waals surface area contributed by atoms with Crippen LogP contribution in [-0.4, -0.2) is 40.1 Å². The van der Waals surface area contributed by atoms with Crippen LogP contribution in [0.4, 0.5) is 3.89 Å². The van der Waals surface area contributed by atoms with E-state index in [1.807, 2.05) is 0 Å². The smallest absolute Gasteiger partial charge is 0.304 e.